The van der Waals surface area contributed by atoms with E-state index in [9.17, 15) is 0 Å². The predicted molar refractivity (Wildman–Crippen MR) is 64.8 cm³/mol. The van der Waals surface area contributed by atoms with Crippen molar-refractivity contribution in [2.24, 2.45) is 0 Å². The predicted octanol–water partition coefficient (Wildman–Crippen LogP) is 4.14. The lowest BCUT2D eigenvalue weighted by Gasteiger charge is -2.11. The lowest BCUT2D eigenvalue weighted by Crippen LogP contribution is -1.94. The summed E-state index contributed by atoms with van der Waals surface area (Å²) in [5, 5.41) is 5.56. The number of fused-ring (bicyclic) bond motifs is 1. The van der Waals surface area contributed by atoms with Gasteiger partial charge in [0.2, 0.25) is 0 Å². The lowest BCUT2D eigenvalue weighted by atomic mass is 9.92. The molecule has 0 aliphatic heterocycles. The smallest absolute Gasteiger partial charge is 0.167 e. The molecule has 0 saturated heterocycles. The fourth-order valence-corrected chi connectivity index (χ4v) is 2.57. The van der Waals surface area contributed by atoms with E-state index < -0.39 is 0 Å². The number of rotatable bonds is 2. The number of benzene rings is 1. The van der Waals surface area contributed by atoms with E-state index in [2.05, 4.69) is 38.1 Å². The van der Waals surface area contributed by atoms with Crippen molar-refractivity contribution >= 4 is 11.0 Å². The van der Waals surface area contributed by atoms with Crippen LogP contribution in [-0.4, -0.2) is 5.16 Å². The van der Waals surface area contributed by atoms with Gasteiger partial charge in [0.15, 0.2) is 5.58 Å². The number of hydrogen-bond donors (Lipinski definition) is 0. The first kappa shape index (κ1) is 9.88. The van der Waals surface area contributed by atoms with Gasteiger partial charge in [0.1, 0.15) is 0 Å². The fourth-order valence-electron chi connectivity index (χ4n) is 2.57. The monoisotopic (exact) mass is 215 g/mol. The van der Waals surface area contributed by atoms with Gasteiger partial charge >= 0.3 is 0 Å². The van der Waals surface area contributed by atoms with Crippen LogP contribution in [0.1, 0.15) is 55.3 Å². The molecule has 0 radical (unpaired) electrons. The first-order valence-corrected chi connectivity index (χ1v) is 6.07. The highest BCUT2D eigenvalue weighted by Gasteiger charge is 2.30. The molecule has 0 amide bonds. The Labute approximate surface area is 95.6 Å². The molecule has 1 fully saturated rings. The van der Waals surface area contributed by atoms with Crippen molar-refractivity contribution < 1.29 is 4.52 Å². The highest BCUT2D eigenvalue weighted by atomic mass is 16.5. The van der Waals surface area contributed by atoms with E-state index in [-0.39, 0.29) is 0 Å². The Morgan fingerprint density at radius 3 is 2.69 bits per heavy atom. The molecule has 2 nitrogen and oxygen atoms in total. The van der Waals surface area contributed by atoms with Gasteiger partial charge in [0.05, 0.1) is 5.69 Å². The standard InChI is InChI=1S/C14H17NO/c1-8(2)12-9(3)4-7-11-13(12)14(15-16-11)10-5-6-10/h4,7-8,10H,5-6H2,1-3H3. The summed E-state index contributed by atoms with van der Waals surface area (Å²) in [4.78, 5) is 0. The Balaban J connectivity index is 2.33. The number of aromatic nitrogens is 1. The molecule has 0 bridgehead atoms. The maximum absolute atomic E-state index is 5.45. The van der Waals surface area contributed by atoms with Crippen LogP contribution in [0.15, 0.2) is 16.7 Å². The Hall–Kier alpha value is -1.31. The highest BCUT2D eigenvalue weighted by molar-refractivity contribution is 5.85. The average Bonchev–Trinajstić information content (AvgIpc) is 2.99. The molecule has 1 aromatic carbocycles. The van der Waals surface area contributed by atoms with Gasteiger partial charge in [-0.1, -0.05) is 25.1 Å². The van der Waals surface area contributed by atoms with Crippen LogP contribution in [0.5, 0.6) is 0 Å². The first-order chi connectivity index (χ1) is 7.68. The molecule has 16 heavy (non-hydrogen) atoms. The zero-order chi connectivity index (χ0) is 11.3. The second kappa shape index (κ2) is 3.34. The summed E-state index contributed by atoms with van der Waals surface area (Å²) in [5.74, 6) is 1.18. The van der Waals surface area contributed by atoms with Gasteiger partial charge in [-0.05, 0) is 42.9 Å². The number of hydrogen-bond acceptors (Lipinski definition) is 2. The molecule has 0 unspecified atom stereocenters. The van der Waals surface area contributed by atoms with Gasteiger partial charge < -0.3 is 4.52 Å². The maximum Gasteiger partial charge on any atom is 0.167 e. The Bertz CT molecular complexity index is 535. The van der Waals surface area contributed by atoms with Crippen LogP contribution >= 0.6 is 0 Å². The van der Waals surface area contributed by atoms with Crippen molar-refractivity contribution in [2.45, 2.75) is 45.4 Å². The molecule has 1 saturated carbocycles. The second-order valence-corrected chi connectivity index (χ2v) is 5.17. The van der Waals surface area contributed by atoms with E-state index in [1.54, 1.807) is 0 Å². The minimum atomic E-state index is 0.528. The van der Waals surface area contributed by atoms with Crippen LogP contribution in [0.4, 0.5) is 0 Å². The van der Waals surface area contributed by atoms with E-state index in [0.717, 1.165) is 5.58 Å². The molecule has 0 spiro atoms. The van der Waals surface area contributed by atoms with Crippen LogP contribution in [0.2, 0.25) is 0 Å². The van der Waals surface area contributed by atoms with Crippen molar-refractivity contribution in [3.05, 3.63) is 29.0 Å². The third kappa shape index (κ3) is 1.36. The van der Waals surface area contributed by atoms with E-state index in [1.807, 2.05) is 0 Å². The van der Waals surface area contributed by atoms with Gasteiger partial charge in [-0.25, -0.2) is 0 Å². The average molecular weight is 215 g/mol. The van der Waals surface area contributed by atoms with E-state index in [0.29, 0.717) is 11.8 Å². The molecule has 2 aromatic rings. The van der Waals surface area contributed by atoms with Gasteiger partial charge in [0, 0.05) is 11.3 Å². The van der Waals surface area contributed by atoms with Crippen molar-refractivity contribution in [2.75, 3.05) is 0 Å². The maximum atomic E-state index is 5.45. The van der Waals surface area contributed by atoms with Gasteiger partial charge in [0.25, 0.3) is 0 Å². The summed E-state index contributed by atoms with van der Waals surface area (Å²) >= 11 is 0. The summed E-state index contributed by atoms with van der Waals surface area (Å²) < 4.78 is 5.45. The number of nitrogens with zero attached hydrogens (tertiary/aromatic N) is 1. The molecule has 1 aromatic heterocycles. The van der Waals surface area contributed by atoms with Crippen molar-refractivity contribution in [3.8, 4) is 0 Å². The molecule has 2 heteroatoms. The molecular formula is C14H17NO. The molecule has 1 heterocycles. The van der Waals surface area contributed by atoms with Gasteiger partial charge in [-0.15, -0.1) is 0 Å². The third-order valence-electron chi connectivity index (χ3n) is 3.47. The first-order valence-electron chi connectivity index (χ1n) is 6.07. The number of aryl methyl sites for hydroxylation is 1. The summed E-state index contributed by atoms with van der Waals surface area (Å²) in [5.41, 5.74) is 4.92. The van der Waals surface area contributed by atoms with E-state index >= 15 is 0 Å². The van der Waals surface area contributed by atoms with Gasteiger partial charge in [-0.2, -0.15) is 0 Å². The topological polar surface area (TPSA) is 26.0 Å². The molecule has 0 N–H and O–H groups in total. The van der Waals surface area contributed by atoms with E-state index in [1.165, 1.54) is 35.0 Å². The molecule has 3 rings (SSSR count). The second-order valence-electron chi connectivity index (χ2n) is 5.17. The lowest BCUT2D eigenvalue weighted by molar-refractivity contribution is 0.446. The van der Waals surface area contributed by atoms with Crippen molar-refractivity contribution in [1.29, 1.82) is 0 Å². The van der Waals surface area contributed by atoms with Crippen molar-refractivity contribution in [3.63, 3.8) is 0 Å². The highest BCUT2D eigenvalue weighted by Crippen LogP contribution is 2.44. The molecule has 0 atom stereocenters. The largest absolute Gasteiger partial charge is 0.356 e. The summed E-state index contributed by atoms with van der Waals surface area (Å²) in [6.45, 7) is 6.66. The van der Waals surface area contributed by atoms with Crippen LogP contribution in [0.3, 0.4) is 0 Å². The Kier molecular flexibility index (Phi) is 2.06. The van der Waals surface area contributed by atoms with Crippen LogP contribution in [-0.2, 0) is 0 Å². The normalized spacial score (nSPS) is 16.2. The Morgan fingerprint density at radius 1 is 1.31 bits per heavy atom. The quantitative estimate of drug-likeness (QED) is 0.752. The fraction of sp³-hybridized carbons (Fsp3) is 0.500. The molecule has 1 aliphatic carbocycles. The minimum absolute atomic E-state index is 0.528. The summed E-state index contributed by atoms with van der Waals surface area (Å²) in [6, 6.07) is 4.19. The Morgan fingerprint density at radius 2 is 2.06 bits per heavy atom. The van der Waals surface area contributed by atoms with Gasteiger partial charge in [-0.3, -0.25) is 0 Å². The molecule has 1 aliphatic rings. The minimum Gasteiger partial charge on any atom is -0.356 e. The van der Waals surface area contributed by atoms with Crippen LogP contribution in [0.25, 0.3) is 11.0 Å². The molecular weight excluding hydrogens is 198 g/mol. The van der Waals surface area contributed by atoms with E-state index in [4.69, 9.17) is 4.52 Å². The zero-order valence-electron chi connectivity index (χ0n) is 10.1. The third-order valence-corrected chi connectivity index (χ3v) is 3.47. The van der Waals surface area contributed by atoms with Crippen LogP contribution in [0, 0.1) is 6.92 Å². The zero-order valence-corrected chi connectivity index (χ0v) is 10.1. The van der Waals surface area contributed by atoms with Crippen LogP contribution < -0.4 is 0 Å². The summed E-state index contributed by atoms with van der Waals surface area (Å²) in [7, 11) is 0. The molecule has 84 valence electrons. The summed E-state index contributed by atoms with van der Waals surface area (Å²) in [6.07, 6.45) is 2.54. The SMILES string of the molecule is Cc1ccc2onc(C3CC3)c2c1C(C)C. The van der Waals surface area contributed by atoms with Crippen molar-refractivity contribution in [1.82, 2.24) is 5.16 Å².